The van der Waals surface area contributed by atoms with Crippen molar-refractivity contribution in [1.29, 1.82) is 0 Å². The number of rotatable bonds is 13. The molecule has 1 N–H and O–H groups in total. The molecule has 0 heterocycles. The summed E-state index contributed by atoms with van der Waals surface area (Å²) in [6.07, 6.45) is 1.28. The molecule has 0 aliphatic rings. The molecule has 0 bridgehead atoms. The maximum absolute atomic E-state index is 14.7. The van der Waals surface area contributed by atoms with E-state index >= 15 is 0 Å². The van der Waals surface area contributed by atoms with Gasteiger partial charge in [0.2, 0.25) is 21.8 Å². The number of carbonyl (C=O) groups excluding carboxylic acids is 2. The molecular formula is C30H34Cl2FN3O4S. The quantitative estimate of drug-likeness (QED) is 0.260. The first-order valence-electron chi connectivity index (χ1n) is 13.2. The molecule has 1 atom stereocenters. The third-order valence-electron chi connectivity index (χ3n) is 6.33. The molecule has 0 radical (unpaired) electrons. The summed E-state index contributed by atoms with van der Waals surface area (Å²) in [5, 5.41) is 3.39. The van der Waals surface area contributed by atoms with Crippen LogP contribution in [0.2, 0.25) is 10.0 Å². The van der Waals surface area contributed by atoms with Gasteiger partial charge in [-0.3, -0.25) is 13.9 Å². The van der Waals surface area contributed by atoms with E-state index in [0.29, 0.717) is 5.02 Å². The molecule has 7 nitrogen and oxygen atoms in total. The highest BCUT2D eigenvalue weighted by atomic mass is 35.5. The molecule has 0 saturated carbocycles. The van der Waals surface area contributed by atoms with Crippen molar-refractivity contribution in [3.63, 3.8) is 0 Å². The number of benzene rings is 3. The first-order valence-corrected chi connectivity index (χ1v) is 15.8. The summed E-state index contributed by atoms with van der Waals surface area (Å²) >= 11 is 12.4. The molecule has 41 heavy (non-hydrogen) atoms. The third-order valence-corrected chi connectivity index (χ3v) is 8.06. The van der Waals surface area contributed by atoms with Crippen molar-refractivity contribution in [2.45, 2.75) is 51.7 Å². The van der Waals surface area contributed by atoms with Crippen molar-refractivity contribution in [3.05, 3.63) is 99.8 Å². The minimum absolute atomic E-state index is 0.0558. The van der Waals surface area contributed by atoms with E-state index in [0.717, 1.165) is 16.1 Å². The monoisotopic (exact) mass is 621 g/mol. The molecule has 0 fully saturated rings. The Bertz CT molecular complexity index is 1460. The second-order valence-electron chi connectivity index (χ2n) is 10.0. The number of anilines is 1. The van der Waals surface area contributed by atoms with Gasteiger partial charge in [-0.15, -0.1) is 0 Å². The van der Waals surface area contributed by atoms with Crippen LogP contribution in [0.15, 0.2) is 72.8 Å². The highest BCUT2D eigenvalue weighted by Gasteiger charge is 2.31. The molecule has 2 amide bonds. The highest BCUT2D eigenvalue weighted by molar-refractivity contribution is 7.92. The van der Waals surface area contributed by atoms with Crippen LogP contribution in [-0.2, 0) is 32.6 Å². The number of carbonyl (C=O) groups is 2. The molecule has 0 aromatic heterocycles. The van der Waals surface area contributed by atoms with E-state index in [2.05, 4.69) is 5.32 Å². The van der Waals surface area contributed by atoms with Gasteiger partial charge in [0, 0.05) is 42.6 Å². The van der Waals surface area contributed by atoms with Gasteiger partial charge in [0.1, 0.15) is 11.9 Å². The zero-order chi connectivity index (χ0) is 30.2. The van der Waals surface area contributed by atoms with Crippen LogP contribution in [0, 0.1) is 5.82 Å². The standard InChI is InChI=1S/C30H34Cl2FN3O4S/c1-21(2)34-30(38)28(18-22-10-5-4-6-11-22)35(20-23-12-7-8-13-26(23)33)29(37)14-9-17-36(41(3,39)40)27-19-24(31)15-16-25(27)32/h4-8,10-13,15-16,19,21,28H,9,14,17-18,20H2,1-3H3,(H,34,38)/t28-/m0/s1. The zero-order valence-electron chi connectivity index (χ0n) is 23.2. The van der Waals surface area contributed by atoms with Crippen LogP contribution in [0.1, 0.15) is 37.8 Å². The Hall–Kier alpha value is -3.14. The minimum atomic E-state index is -3.76. The van der Waals surface area contributed by atoms with Gasteiger partial charge in [-0.25, -0.2) is 12.8 Å². The molecule has 220 valence electrons. The normalized spacial score (nSPS) is 12.2. The van der Waals surface area contributed by atoms with Crippen molar-refractivity contribution < 1.29 is 22.4 Å². The topological polar surface area (TPSA) is 86.8 Å². The van der Waals surface area contributed by atoms with Gasteiger partial charge < -0.3 is 10.2 Å². The maximum atomic E-state index is 14.7. The third kappa shape index (κ3) is 9.45. The van der Waals surface area contributed by atoms with Gasteiger partial charge in [0.15, 0.2) is 0 Å². The molecule has 0 unspecified atom stereocenters. The van der Waals surface area contributed by atoms with E-state index in [1.807, 2.05) is 44.2 Å². The molecule has 0 aliphatic heterocycles. The first-order chi connectivity index (χ1) is 19.4. The fourth-order valence-corrected chi connectivity index (χ4v) is 5.81. The fourth-order valence-electron chi connectivity index (χ4n) is 4.40. The number of nitrogens with zero attached hydrogens (tertiary/aromatic N) is 2. The Labute approximate surface area is 251 Å². The minimum Gasteiger partial charge on any atom is -0.352 e. The van der Waals surface area contributed by atoms with Crippen molar-refractivity contribution in [2.24, 2.45) is 0 Å². The van der Waals surface area contributed by atoms with E-state index in [-0.39, 0.29) is 60.6 Å². The van der Waals surface area contributed by atoms with Crippen LogP contribution in [-0.4, -0.2) is 50.0 Å². The maximum Gasteiger partial charge on any atom is 0.243 e. The molecule has 0 aliphatic carbocycles. The van der Waals surface area contributed by atoms with Gasteiger partial charge in [-0.2, -0.15) is 0 Å². The molecule has 3 rings (SSSR count). The lowest BCUT2D eigenvalue weighted by Gasteiger charge is -2.32. The van der Waals surface area contributed by atoms with Gasteiger partial charge in [-0.1, -0.05) is 71.7 Å². The molecule has 11 heteroatoms. The smallest absolute Gasteiger partial charge is 0.243 e. The second kappa shape index (κ2) is 14.7. The van der Waals surface area contributed by atoms with Gasteiger partial charge in [0.25, 0.3) is 0 Å². The summed E-state index contributed by atoms with van der Waals surface area (Å²) < 4.78 is 41.1. The molecular weight excluding hydrogens is 588 g/mol. The Kier molecular flexibility index (Phi) is 11.6. The largest absolute Gasteiger partial charge is 0.352 e. The predicted molar refractivity (Wildman–Crippen MR) is 162 cm³/mol. The van der Waals surface area contributed by atoms with Crippen LogP contribution < -0.4 is 9.62 Å². The van der Waals surface area contributed by atoms with E-state index in [1.165, 1.54) is 23.1 Å². The molecule has 0 spiro atoms. The van der Waals surface area contributed by atoms with Crippen LogP contribution >= 0.6 is 23.2 Å². The molecule has 3 aromatic carbocycles. The fraction of sp³-hybridized carbons (Fsp3) is 0.333. The number of halogens is 3. The Morgan fingerprint density at radius 1 is 0.976 bits per heavy atom. The van der Waals surface area contributed by atoms with E-state index in [4.69, 9.17) is 23.2 Å². The number of nitrogens with one attached hydrogen (secondary N) is 1. The Balaban J connectivity index is 1.91. The lowest BCUT2D eigenvalue weighted by molar-refractivity contribution is -0.141. The van der Waals surface area contributed by atoms with Gasteiger partial charge in [-0.05, 0) is 50.1 Å². The highest BCUT2D eigenvalue weighted by Crippen LogP contribution is 2.31. The predicted octanol–water partition coefficient (Wildman–Crippen LogP) is 5.84. The van der Waals surface area contributed by atoms with Crippen LogP contribution in [0.25, 0.3) is 0 Å². The van der Waals surface area contributed by atoms with Crippen molar-refractivity contribution in [3.8, 4) is 0 Å². The van der Waals surface area contributed by atoms with Crippen molar-refractivity contribution >= 4 is 50.7 Å². The van der Waals surface area contributed by atoms with Crippen molar-refractivity contribution in [2.75, 3.05) is 17.1 Å². The van der Waals surface area contributed by atoms with Crippen molar-refractivity contribution in [1.82, 2.24) is 10.2 Å². The molecule has 3 aromatic rings. The number of sulfonamides is 1. The average molecular weight is 623 g/mol. The summed E-state index contributed by atoms with van der Waals surface area (Å²) in [6.45, 7) is 3.45. The lowest BCUT2D eigenvalue weighted by Crippen LogP contribution is -2.52. The summed E-state index contributed by atoms with van der Waals surface area (Å²) in [7, 11) is -3.76. The average Bonchev–Trinajstić information content (AvgIpc) is 2.90. The van der Waals surface area contributed by atoms with E-state index in [9.17, 15) is 22.4 Å². The first kappa shape index (κ1) is 32.4. The van der Waals surface area contributed by atoms with E-state index in [1.54, 1.807) is 24.3 Å². The summed E-state index contributed by atoms with van der Waals surface area (Å²) in [5.74, 6) is -1.28. The lowest BCUT2D eigenvalue weighted by atomic mass is 10.0. The molecule has 0 saturated heterocycles. The second-order valence-corrected chi connectivity index (χ2v) is 12.8. The SMILES string of the molecule is CC(C)NC(=O)[C@H](Cc1ccccc1)N(Cc1ccccc1F)C(=O)CCCN(c1cc(Cl)ccc1Cl)S(C)(=O)=O. The van der Waals surface area contributed by atoms with Crippen LogP contribution in [0.3, 0.4) is 0 Å². The van der Waals surface area contributed by atoms with Crippen LogP contribution in [0.4, 0.5) is 10.1 Å². The zero-order valence-corrected chi connectivity index (χ0v) is 25.5. The van der Waals surface area contributed by atoms with Crippen LogP contribution in [0.5, 0.6) is 0 Å². The Morgan fingerprint density at radius 3 is 2.27 bits per heavy atom. The number of amides is 2. The van der Waals surface area contributed by atoms with Gasteiger partial charge in [0.05, 0.1) is 17.0 Å². The number of hydrogen-bond acceptors (Lipinski definition) is 4. The summed E-state index contributed by atoms with van der Waals surface area (Å²) in [6, 6.07) is 18.7. The van der Waals surface area contributed by atoms with Gasteiger partial charge >= 0.3 is 0 Å². The van der Waals surface area contributed by atoms with E-state index < -0.39 is 27.8 Å². The summed E-state index contributed by atoms with van der Waals surface area (Å²) in [5.41, 5.74) is 1.30. The summed E-state index contributed by atoms with van der Waals surface area (Å²) in [4.78, 5) is 28.6. The Morgan fingerprint density at radius 2 is 1.63 bits per heavy atom. The number of hydrogen-bond donors (Lipinski definition) is 1.